The molecule has 0 spiro atoms. The Morgan fingerprint density at radius 1 is 0.882 bits per heavy atom. The minimum absolute atomic E-state index is 0. The van der Waals surface area contributed by atoms with Crippen LogP contribution < -0.4 is 14.4 Å². The van der Waals surface area contributed by atoms with Crippen molar-refractivity contribution in [2.24, 2.45) is 0 Å². The Morgan fingerprint density at radius 2 is 1.50 bits per heavy atom. The van der Waals surface area contributed by atoms with Crippen LogP contribution in [0, 0.1) is 0 Å². The number of thiazole rings is 1. The summed E-state index contributed by atoms with van der Waals surface area (Å²) in [5.41, 5.74) is 3.60. The summed E-state index contributed by atoms with van der Waals surface area (Å²) in [4.78, 5) is 22.1. The molecule has 0 atom stereocenters. The number of benzene rings is 3. The predicted molar refractivity (Wildman–Crippen MR) is 142 cm³/mol. The van der Waals surface area contributed by atoms with Crippen LogP contribution >= 0.6 is 23.7 Å². The summed E-state index contributed by atoms with van der Waals surface area (Å²) < 4.78 is 11.8. The van der Waals surface area contributed by atoms with E-state index >= 15 is 0 Å². The van der Waals surface area contributed by atoms with Gasteiger partial charge >= 0.3 is 0 Å². The summed E-state index contributed by atoms with van der Waals surface area (Å²) in [5, 5.41) is 0.652. The Hall–Kier alpha value is -3.13. The molecule has 0 bridgehead atoms. The molecule has 0 aliphatic carbocycles. The van der Waals surface area contributed by atoms with Gasteiger partial charge in [0.25, 0.3) is 5.91 Å². The first-order valence-corrected chi connectivity index (χ1v) is 11.5. The number of aromatic nitrogens is 1. The summed E-state index contributed by atoms with van der Waals surface area (Å²) in [6.45, 7) is 1.25. The molecule has 8 heteroatoms. The van der Waals surface area contributed by atoms with Gasteiger partial charge in [-0.1, -0.05) is 53.8 Å². The van der Waals surface area contributed by atoms with Crippen molar-refractivity contribution in [3.05, 3.63) is 72.3 Å². The summed E-state index contributed by atoms with van der Waals surface area (Å²) >= 11 is 1.47. The Morgan fingerprint density at radius 3 is 2.12 bits per heavy atom. The van der Waals surface area contributed by atoms with Crippen LogP contribution in [-0.4, -0.2) is 57.2 Å². The number of hydrogen-bond acceptors (Lipinski definition) is 6. The second kappa shape index (κ2) is 11.3. The monoisotopic (exact) mass is 497 g/mol. The van der Waals surface area contributed by atoms with Crippen LogP contribution in [0.25, 0.3) is 21.3 Å². The van der Waals surface area contributed by atoms with E-state index in [-0.39, 0.29) is 18.3 Å². The highest BCUT2D eigenvalue weighted by molar-refractivity contribution is 7.22. The fourth-order valence-corrected chi connectivity index (χ4v) is 4.53. The van der Waals surface area contributed by atoms with E-state index in [1.54, 1.807) is 19.1 Å². The van der Waals surface area contributed by atoms with Crippen LogP contribution in [0.4, 0.5) is 5.13 Å². The van der Waals surface area contributed by atoms with Gasteiger partial charge in [-0.3, -0.25) is 9.69 Å². The fourth-order valence-electron chi connectivity index (χ4n) is 3.53. The van der Waals surface area contributed by atoms with Crippen molar-refractivity contribution < 1.29 is 14.3 Å². The van der Waals surface area contributed by atoms with Crippen molar-refractivity contribution >= 4 is 45.0 Å². The Bertz CT molecular complexity index is 1200. The lowest BCUT2D eigenvalue weighted by Crippen LogP contribution is -2.36. The molecular formula is C26H28ClN3O3S. The van der Waals surface area contributed by atoms with E-state index < -0.39 is 0 Å². The van der Waals surface area contributed by atoms with Crippen LogP contribution in [0.2, 0.25) is 0 Å². The average molecular weight is 498 g/mol. The molecule has 1 heterocycles. The predicted octanol–water partition coefficient (Wildman–Crippen LogP) is 5.61. The van der Waals surface area contributed by atoms with Crippen molar-refractivity contribution in [1.29, 1.82) is 0 Å². The largest absolute Gasteiger partial charge is 0.493 e. The number of carbonyl (C=O) groups excluding carboxylic acids is 1. The Balaban J connectivity index is 0.00000324. The number of carbonyl (C=O) groups is 1. The number of nitrogens with zero attached hydrogens (tertiary/aromatic N) is 3. The first kappa shape index (κ1) is 25.5. The van der Waals surface area contributed by atoms with Crippen LogP contribution in [0.15, 0.2) is 66.7 Å². The minimum atomic E-state index is -0.0746. The highest BCUT2D eigenvalue weighted by Crippen LogP contribution is 2.37. The van der Waals surface area contributed by atoms with Gasteiger partial charge in [0.2, 0.25) is 0 Å². The maximum atomic E-state index is 13.6. The molecule has 6 nitrogen and oxygen atoms in total. The SMILES string of the molecule is COc1cc2nc(N(CCN(C)C)C(=O)c3ccc(-c4ccccc4)cc3)sc2cc1OC.Cl. The van der Waals surface area contributed by atoms with Gasteiger partial charge < -0.3 is 14.4 Å². The summed E-state index contributed by atoms with van der Waals surface area (Å²) in [5.74, 6) is 1.18. The average Bonchev–Trinajstić information content (AvgIpc) is 3.26. The molecule has 0 unspecified atom stereocenters. The van der Waals surface area contributed by atoms with Gasteiger partial charge in [-0.05, 0) is 37.4 Å². The van der Waals surface area contributed by atoms with E-state index in [0.29, 0.717) is 28.7 Å². The van der Waals surface area contributed by atoms with Crippen LogP contribution in [0.5, 0.6) is 11.5 Å². The lowest BCUT2D eigenvalue weighted by atomic mass is 10.0. The van der Waals surface area contributed by atoms with Crippen LogP contribution in [0.1, 0.15) is 10.4 Å². The van der Waals surface area contributed by atoms with Gasteiger partial charge in [-0.15, -0.1) is 12.4 Å². The third-order valence-corrected chi connectivity index (χ3v) is 6.41. The topological polar surface area (TPSA) is 54.9 Å². The highest BCUT2D eigenvalue weighted by atomic mass is 35.5. The Labute approximate surface area is 210 Å². The van der Waals surface area contributed by atoms with Gasteiger partial charge in [0.05, 0.1) is 24.4 Å². The maximum Gasteiger partial charge on any atom is 0.260 e. The molecule has 4 aromatic rings. The molecule has 0 aliphatic heterocycles. The number of methoxy groups -OCH3 is 2. The van der Waals surface area contributed by atoms with E-state index in [0.717, 1.165) is 27.9 Å². The normalized spacial score (nSPS) is 10.7. The molecule has 34 heavy (non-hydrogen) atoms. The number of ether oxygens (including phenoxy) is 2. The number of rotatable bonds is 8. The number of fused-ring (bicyclic) bond motifs is 1. The molecule has 0 aliphatic rings. The number of anilines is 1. The molecule has 0 saturated heterocycles. The second-order valence-corrected chi connectivity index (χ2v) is 8.88. The first-order chi connectivity index (χ1) is 16.0. The second-order valence-electron chi connectivity index (χ2n) is 7.87. The lowest BCUT2D eigenvalue weighted by Gasteiger charge is -2.22. The van der Waals surface area contributed by atoms with Crippen molar-refractivity contribution in [3.8, 4) is 22.6 Å². The zero-order valence-electron chi connectivity index (χ0n) is 19.6. The smallest absolute Gasteiger partial charge is 0.260 e. The van der Waals surface area contributed by atoms with E-state index in [1.807, 2.05) is 68.7 Å². The Kier molecular flexibility index (Phi) is 8.50. The van der Waals surface area contributed by atoms with Crippen molar-refractivity contribution in [2.45, 2.75) is 0 Å². The number of halogens is 1. The summed E-state index contributed by atoms with van der Waals surface area (Å²) in [6.07, 6.45) is 0. The third-order valence-electron chi connectivity index (χ3n) is 5.37. The van der Waals surface area contributed by atoms with Crippen molar-refractivity contribution in [3.63, 3.8) is 0 Å². The van der Waals surface area contributed by atoms with E-state index in [1.165, 1.54) is 11.3 Å². The summed E-state index contributed by atoms with van der Waals surface area (Å²) in [6, 6.07) is 21.6. The molecule has 178 valence electrons. The zero-order valence-corrected chi connectivity index (χ0v) is 21.3. The molecule has 0 fully saturated rings. The van der Waals surface area contributed by atoms with E-state index in [2.05, 4.69) is 17.0 Å². The standard InChI is InChI=1S/C26H27N3O3S.ClH/c1-28(2)14-15-29(26-27-21-16-22(31-3)23(32-4)17-24(21)33-26)25(30)20-12-10-19(11-13-20)18-8-6-5-7-9-18;/h5-13,16-17H,14-15H2,1-4H3;1H. The third kappa shape index (κ3) is 5.50. The van der Waals surface area contributed by atoms with Gasteiger partial charge in [-0.25, -0.2) is 4.98 Å². The molecular weight excluding hydrogens is 470 g/mol. The molecule has 3 aromatic carbocycles. The van der Waals surface area contributed by atoms with Gasteiger partial charge in [-0.2, -0.15) is 0 Å². The van der Waals surface area contributed by atoms with Crippen molar-refractivity contribution in [1.82, 2.24) is 9.88 Å². The minimum Gasteiger partial charge on any atom is -0.493 e. The fraction of sp³-hybridized carbons (Fsp3) is 0.231. The van der Waals surface area contributed by atoms with Gasteiger partial charge in [0.1, 0.15) is 0 Å². The summed E-state index contributed by atoms with van der Waals surface area (Å²) in [7, 11) is 7.19. The lowest BCUT2D eigenvalue weighted by molar-refractivity contribution is 0.0985. The zero-order chi connectivity index (χ0) is 23.4. The van der Waals surface area contributed by atoms with Crippen molar-refractivity contribution in [2.75, 3.05) is 46.3 Å². The van der Waals surface area contributed by atoms with Crippen LogP contribution in [0.3, 0.4) is 0 Å². The number of amides is 1. The molecule has 1 aromatic heterocycles. The van der Waals surface area contributed by atoms with Gasteiger partial charge in [0, 0.05) is 30.8 Å². The van der Waals surface area contributed by atoms with E-state index in [9.17, 15) is 4.79 Å². The number of hydrogen-bond donors (Lipinski definition) is 0. The molecule has 4 rings (SSSR count). The molecule has 1 amide bonds. The first-order valence-electron chi connectivity index (χ1n) is 10.6. The van der Waals surface area contributed by atoms with Gasteiger partial charge in [0.15, 0.2) is 16.6 Å². The number of likely N-dealkylation sites (N-methyl/N-ethyl adjacent to an activating group) is 1. The quantitative estimate of drug-likeness (QED) is 0.316. The maximum absolute atomic E-state index is 13.6. The highest BCUT2D eigenvalue weighted by Gasteiger charge is 2.22. The van der Waals surface area contributed by atoms with E-state index in [4.69, 9.17) is 14.5 Å². The molecule has 0 N–H and O–H groups in total. The molecule has 0 saturated carbocycles. The van der Waals surface area contributed by atoms with Crippen LogP contribution in [-0.2, 0) is 0 Å². The molecule has 0 radical (unpaired) electrons.